The molecule has 0 saturated heterocycles. The third-order valence-corrected chi connectivity index (χ3v) is 1.64. The molecule has 0 aliphatic heterocycles. The summed E-state index contributed by atoms with van der Waals surface area (Å²) in [5.74, 6) is 0. The Labute approximate surface area is 61.1 Å². The molecule has 6 heteroatoms. The van der Waals surface area contributed by atoms with Crippen molar-refractivity contribution in [3.05, 3.63) is 21.0 Å². The summed E-state index contributed by atoms with van der Waals surface area (Å²) in [6.07, 6.45) is 0. The van der Waals surface area contributed by atoms with E-state index < -0.39 is 11.4 Å². The minimum absolute atomic E-state index is 0.431. The van der Waals surface area contributed by atoms with Gasteiger partial charge in [-0.15, -0.1) is 4.20 Å². The summed E-state index contributed by atoms with van der Waals surface area (Å²) in [7, 11) is 2.78. The van der Waals surface area contributed by atoms with Crippen molar-refractivity contribution in [2.45, 2.75) is 0 Å². The summed E-state index contributed by atoms with van der Waals surface area (Å²) in [5, 5.41) is 0. The van der Waals surface area contributed by atoms with Crippen LogP contribution in [0.2, 0.25) is 0 Å². The molecule has 0 amide bonds. The van der Waals surface area contributed by atoms with Crippen molar-refractivity contribution in [3.63, 3.8) is 0 Å². The smallest absolute Gasteiger partial charge is 0.246 e. The van der Waals surface area contributed by atoms with Crippen LogP contribution in [0.1, 0.15) is 0 Å². The Morgan fingerprint density at radius 3 is 1.80 bits per heavy atom. The highest BCUT2D eigenvalue weighted by Gasteiger charge is 2.05. The van der Waals surface area contributed by atoms with Crippen LogP contribution in [0.25, 0.3) is 0 Å². The Kier molecular flexibility index (Phi) is 1.44. The van der Waals surface area contributed by atoms with Crippen LogP contribution in [-0.4, -0.2) is 13.4 Å². The Morgan fingerprint density at radius 2 is 1.70 bits per heavy atom. The van der Waals surface area contributed by atoms with E-state index in [0.717, 1.165) is 13.4 Å². The summed E-state index contributed by atoms with van der Waals surface area (Å²) in [4.78, 5) is 21.6. The second kappa shape index (κ2) is 2.02. The van der Waals surface area contributed by atoms with Gasteiger partial charge in [0.25, 0.3) is 0 Å². The zero-order valence-electron chi connectivity index (χ0n) is 5.54. The lowest BCUT2D eigenvalue weighted by atomic mass is 11.0. The van der Waals surface area contributed by atoms with E-state index in [9.17, 15) is 9.59 Å². The second-order valence-corrected chi connectivity index (χ2v) is 2.23. The monoisotopic (exact) mass is 163 g/mol. The first-order valence-electron chi connectivity index (χ1n) is 2.57. The van der Waals surface area contributed by atoms with E-state index in [-0.39, 0.29) is 0 Å². The second-order valence-electron chi connectivity index (χ2n) is 1.91. The Balaban J connectivity index is 3.77. The van der Waals surface area contributed by atoms with Crippen molar-refractivity contribution in [2.75, 3.05) is 0 Å². The predicted molar refractivity (Wildman–Crippen MR) is 36.2 cm³/mol. The summed E-state index contributed by atoms with van der Waals surface area (Å²) in [6.45, 7) is 0. The summed E-state index contributed by atoms with van der Waals surface area (Å²) >= 11 is 5.35. The molecule has 1 aromatic rings. The maximum Gasteiger partial charge on any atom is 0.362 e. The molecule has 0 N–H and O–H groups in total. The van der Waals surface area contributed by atoms with Crippen LogP contribution in [0.15, 0.2) is 9.59 Å². The first-order valence-corrected chi connectivity index (χ1v) is 2.90. The van der Waals surface area contributed by atoms with Gasteiger partial charge < -0.3 is 0 Å². The lowest BCUT2D eigenvalue weighted by molar-refractivity contribution is 0.676. The standard InChI is InChI=1S/C4H6ClN3O2/c1-6-3(9)7(2)8(5)4(6)10/h1-2H3. The molecular formula is C4H6ClN3O2. The van der Waals surface area contributed by atoms with Crippen LogP contribution in [0.4, 0.5) is 0 Å². The molecule has 0 atom stereocenters. The quantitative estimate of drug-likeness (QED) is 0.487. The molecule has 5 nitrogen and oxygen atoms in total. The van der Waals surface area contributed by atoms with Crippen molar-refractivity contribution in [1.29, 1.82) is 0 Å². The minimum Gasteiger partial charge on any atom is -0.246 e. The van der Waals surface area contributed by atoms with Gasteiger partial charge in [-0.2, -0.15) is 0 Å². The van der Waals surface area contributed by atoms with Gasteiger partial charge in [0, 0.05) is 25.9 Å². The van der Waals surface area contributed by atoms with Gasteiger partial charge in [-0.3, -0.25) is 0 Å². The SMILES string of the molecule is Cn1c(=O)n(C)n(Cl)c1=O. The minimum atomic E-state index is -0.533. The highest BCUT2D eigenvalue weighted by Crippen LogP contribution is 1.75. The van der Waals surface area contributed by atoms with E-state index in [2.05, 4.69) is 0 Å². The largest absolute Gasteiger partial charge is 0.362 e. The van der Waals surface area contributed by atoms with Crippen LogP contribution in [0.5, 0.6) is 0 Å². The van der Waals surface area contributed by atoms with Crippen LogP contribution < -0.4 is 11.4 Å². The number of hydrogen-bond donors (Lipinski definition) is 0. The predicted octanol–water partition coefficient (Wildman–Crippen LogP) is -1.11. The van der Waals surface area contributed by atoms with Gasteiger partial charge in [0.2, 0.25) is 0 Å². The first-order chi connectivity index (χ1) is 4.55. The van der Waals surface area contributed by atoms with Crippen molar-refractivity contribution < 1.29 is 0 Å². The number of aromatic nitrogens is 3. The molecule has 0 aliphatic carbocycles. The van der Waals surface area contributed by atoms with Gasteiger partial charge in [0.1, 0.15) is 0 Å². The number of rotatable bonds is 0. The lowest BCUT2D eigenvalue weighted by Crippen LogP contribution is -2.24. The third kappa shape index (κ3) is 0.706. The van der Waals surface area contributed by atoms with E-state index in [0.29, 0.717) is 0 Å². The highest BCUT2D eigenvalue weighted by atomic mass is 35.5. The van der Waals surface area contributed by atoms with Gasteiger partial charge in [0.15, 0.2) is 0 Å². The lowest BCUT2D eigenvalue weighted by Gasteiger charge is -1.87. The molecule has 1 rings (SSSR count). The molecule has 0 aromatic carbocycles. The molecule has 0 saturated carbocycles. The molecule has 0 unspecified atom stereocenters. The molecular weight excluding hydrogens is 158 g/mol. The van der Waals surface area contributed by atoms with Crippen molar-refractivity contribution in [2.24, 2.45) is 14.1 Å². The van der Waals surface area contributed by atoms with Gasteiger partial charge >= 0.3 is 11.4 Å². The zero-order chi connectivity index (χ0) is 7.89. The molecule has 0 spiro atoms. The molecule has 1 aromatic heterocycles. The molecule has 0 fully saturated rings. The summed E-state index contributed by atoms with van der Waals surface area (Å²) in [5.41, 5.74) is -0.964. The number of hydrogen-bond acceptors (Lipinski definition) is 2. The maximum absolute atomic E-state index is 10.8. The van der Waals surface area contributed by atoms with E-state index in [1.54, 1.807) is 0 Å². The van der Waals surface area contributed by atoms with Crippen molar-refractivity contribution >= 4 is 11.8 Å². The maximum atomic E-state index is 10.8. The van der Waals surface area contributed by atoms with E-state index in [4.69, 9.17) is 11.8 Å². The van der Waals surface area contributed by atoms with Crippen LogP contribution in [0, 0.1) is 0 Å². The normalized spacial score (nSPS) is 10.3. The number of halogens is 1. The van der Waals surface area contributed by atoms with Gasteiger partial charge in [0.05, 0.1) is 0 Å². The highest BCUT2D eigenvalue weighted by molar-refractivity contribution is 6.14. The molecule has 0 radical (unpaired) electrons. The summed E-state index contributed by atoms with van der Waals surface area (Å²) in [6, 6.07) is 0. The van der Waals surface area contributed by atoms with Crippen LogP contribution in [0.3, 0.4) is 0 Å². The van der Waals surface area contributed by atoms with Crippen LogP contribution in [-0.2, 0) is 14.1 Å². The van der Waals surface area contributed by atoms with Gasteiger partial charge in [-0.05, 0) is 0 Å². The van der Waals surface area contributed by atoms with Crippen molar-refractivity contribution in [1.82, 2.24) is 13.4 Å². The molecule has 0 bridgehead atoms. The Bertz CT molecular complexity index is 324. The Hall–Kier alpha value is -0.970. The Morgan fingerprint density at radius 1 is 1.20 bits per heavy atom. The molecule has 56 valence electrons. The zero-order valence-corrected chi connectivity index (χ0v) is 6.29. The average molecular weight is 164 g/mol. The third-order valence-electron chi connectivity index (χ3n) is 1.27. The first kappa shape index (κ1) is 7.14. The summed E-state index contributed by atoms with van der Waals surface area (Å²) < 4.78 is 2.67. The molecule has 1 heterocycles. The van der Waals surface area contributed by atoms with Crippen LogP contribution >= 0.6 is 11.8 Å². The number of nitrogens with zero attached hydrogens (tertiary/aromatic N) is 3. The van der Waals surface area contributed by atoms with E-state index >= 15 is 0 Å². The van der Waals surface area contributed by atoms with E-state index in [1.165, 1.54) is 14.1 Å². The molecule has 0 aliphatic rings. The van der Waals surface area contributed by atoms with E-state index in [1.807, 2.05) is 0 Å². The fourth-order valence-electron chi connectivity index (χ4n) is 0.626. The van der Waals surface area contributed by atoms with Gasteiger partial charge in [-0.1, -0.05) is 0 Å². The van der Waals surface area contributed by atoms with Gasteiger partial charge in [-0.25, -0.2) is 18.8 Å². The average Bonchev–Trinajstić information content (AvgIpc) is 2.07. The fourth-order valence-corrected chi connectivity index (χ4v) is 0.804. The topological polar surface area (TPSA) is 48.9 Å². The molecule has 10 heavy (non-hydrogen) atoms. The van der Waals surface area contributed by atoms with Crippen molar-refractivity contribution in [3.8, 4) is 0 Å². The fraction of sp³-hybridized carbons (Fsp3) is 0.500.